The maximum Gasteiger partial charge on any atom is 0.310 e. The van der Waals surface area contributed by atoms with E-state index in [-0.39, 0.29) is 18.9 Å². The van der Waals surface area contributed by atoms with Crippen molar-refractivity contribution in [3.8, 4) is 5.75 Å². The Balaban J connectivity index is 1.48. The highest BCUT2D eigenvalue weighted by Crippen LogP contribution is 2.25. The Morgan fingerprint density at radius 2 is 1.79 bits per heavy atom. The molecule has 6 nitrogen and oxygen atoms in total. The fourth-order valence-electron chi connectivity index (χ4n) is 2.82. The molecule has 0 aliphatic rings. The molecule has 3 aromatic rings. The van der Waals surface area contributed by atoms with E-state index in [2.05, 4.69) is 5.32 Å². The van der Waals surface area contributed by atoms with Gasteiger partial charge in [-0.15, -0.1) is 0 Å². The number of carbonyl (C=O) groups excluding carboxylic acids is 2. The molecular weight excluding hydrogens is 358 g/mol. The van der Waals surface area contributed by atoms with Crippen molar-refractivity contribution in [3.05, 3.63) is 64.9 Å². The van der Waals surface area contributed by atoms with E-state index in [1.807, 2.05) is 50.2 Å². The monoisotopic (exact) mass is 381 g/mol. The Hall–Kier alpha value is -3.28. The Morgan fingerprint density at radius 3 is 2.50 bits per heavy atom. The van der Waals surface area contributed by atoms with Gasteiger partial charge >= 0.3 is 5.97 Å². The molecule has 0 aliphatic carbocycles. The molecule has 2 aromatic carbocycles. The molecule has 0 fully saturated rings. The standard InChI is InChI=1S/C22H23NO5/c1-14-8-19-17(12-27-20(19)9-15(14)2)10-22(25)28-13-21(24)23-11-16-4-6-18(26-3)7-5-16/h4-9,12H,10-11,13H2,1-3H3,(H,23,24). The van der Waals surface area contributed by atoms with Crippen molar-refractivity contribution in [3.63, 3.8) is 0 Å². The first-order chi connectivity index (χ1) is 13.5. The molecule has 1 heterocycles. The van der Waals surface area contributed by atoms with Crippen molar-refractivity contribution >= 4 is 22.8 Å². The van der Waals surface area contributed by atoms with Gasteiger partial charge in [0.1, 0.15) is 11.3 Å². The van der Waals surface area contributed by atoms with E-state index in [9.17, 15) is 9.59 Å². The lowest BCUT2D eigenvalue weighted by Gasteiger charge is -2.07. The molecule has 6 heteroatoms. The lowest BCUT2D eigenvalue weighted by Crippen LogP contribution is -2.28. The molecule has 0 atom stereocenters. The summed E-state index contributed by atoms with van der Waals surface area (Å²) < 4.78 is 15.7. The van der Waals surface area contributed by atoms with Gasteiger partial charge in [-0.2, -0.15) is 0 Å². The second-order valence-electron chi connectivity index (χ2n) is 6.66. The maximum absolute atomic E-state index is 12.1. The number of nitrogens with one attached hydrogen (secondary N) is 1. The smallest absolute Gasteiger partial charge is 0.310 e. The summed E-state index contributed by atoms with van der Waals surface area (Å²) in [6.07, 6.45) is 1.62. The summed E-state index contributed by atoms with van der Waals surface area (Å²) in [6, 6.07) is 11.3. The number of aryl methyl sites for hydroxylation is 2. The van der Waals surface area contributed by atoms with Gasteiger partial charge in [-0.05, 0) is 54.8 Å². The lowest BCUT2D eigenvalue weighted by atomic mass is 10.0. The maximum atomic E-state index is 12.1. The van der Waals surface area contributed by atoms with Gasteiger partial charge in [0.25, 0.3) is 5.91 Å². The van der Waals surface area contributed by atoms with Crippen LogP contribution in [-0.4, -0.2) is 25.6 Å². The van der Waals surface area contributed by atoms with E-state index < -0.39 is 5.97 Å². The molecule has 146 valence electrons. The summed E-state index contributed by atoms with van der Waals surface area (Å²) in [5.74, 6) is -0.0747. The second kappa shape index (κ2) is 8.61. The molecule has 0 saturated carbocycles. The third kappa shape index (κ3) is 4.71. The molecule has 0 radical (unpaired) electrons. The molecule has 0 bridgehead atoms. The number of esters is 1. The summed E-state index contributed by atoms with van der Waals surface area (Å²) in [7, 11) is 1.60. The van der Waals surface area contributed by atoms with Crippen molar-refractivity contribution in [1.82, 2.24) is 5.32 Å². The molecule has 0 saturated heterocycles. The predicted octanol–water partition coefficient (Wildman–Crippen LogP) is 3.46. The van der Waals surface area contributed by atoms with Crippen molar-refractivity contribution in [2.24, 2.45) is 0 Å². The average Bonchev–Trinajstić information content (AvgIpc) is 3.07. The SMILES string of the molecule is COc1ccc(CNC(=O)COC(=O)Cc2coc3cc(C)c(C)cc23)cc1. The van der Waals surface area contributed by atoms with Crippen molar-refractivity contribution < 1.29 is 23.5 Å². The Morgan fingerprint density at radius 1 is 1.07 bits per heavy atom. The topological polar surface area (TPSA) is 77.8 Å². The molecule has 0 aliphatic heterocycles. The van der Waals surface area contributed by atoms with Gasteiger partial charge < -0.3 is 19.2 Å². The van der Waals surface area contributed by atoms with E-state index in [0.717, 1.165) is 39.0 Å². The lowest BCUT2D eigenvalue weighted by molar-refractivity contribution is -0.147. The summed E-state index contributed by atoms with van der Waals surface area (Å²) in [5, 5.41) is 3.61. The van der Waals surface area contributed by atoms with Crippen LogP contribution in [0.15, 0.2) is 47.1 Å². The molecule has 3 rings (SSSR count). The fraction of sp³-hybridized carbons (Fsp3) is 0.273. The van der Waals surface area contributed by atoms with E-state index in [1.165, 1.54) is 0 Å². The third-order valence-corrected chi connectivity index (χ3v) is 4.62. The number of methoxy groups -OCH3 is 1. The van der Waals surface area contributed by atoms with Crippen LogP contribution >= 0.6 is 0 Å². The average molecular weight is 381 g/mol. The molecule has 28 heavy (non-hydrogen) atoms. The van der Waals surface area contributed by atoms with Crippen molar-refractivity contribution in [1.29, 1.82) is 0 Å². The quantitative estimate of drug-likeness (QED) is 0.634. The number of amides is 1. The van der Waals surface area contributed by atoms with Crippen LogP contribution in [0.25, 0.3) is 11.0 Å². The first kappa shape index (κ1) is 19.5. The van der Waals surface area contributed by atoms with Crippen LogP contribution in [-0.2, 0) is 27.3 Å². The summed E-state index contributed by atoms with van der Waals surface area (Å²) >= 11 is 0. The van der Waals surface area contributed by atoms with Gasteiger partial charge in [0.05, 0.1) is 19.8 Å². The second-order valence-corrected chi connectivity index (χ2v) is 6.66. The number of carbonyl (C=O) groups is 2. The van der Waals surface area contributed by atoms with Crippen LogP contribution < -0.4 is 10.1 Å². The van der Waals surface area contributed by atoms with Gasteiger partial charge in [0, 0.05) is 17.5 Å². The highest BCUT2D eigenvalue weighted by Gasteiger charge is 2.14. The number of fused-ring (bicyclic) bond motifs is 1. The zero-order chi connectivity index (χ0) is 20.1. The minimum absolute atomic E-state index is 0.0568. The number of ether oxygens (including phenoxy) is 2. The number of hydrogen-bond acceptors (Lipinski definition) is 5. The molecule has 1 aromatic heterocycles. The van der Waals surface area contributed by atoms with E-state index >= 15 is 0 Å². The van der Waals surface area contributed by atoms with E-state index in [4.69, 9.17) is 13.9 Å². The number of furan rings is 1. The minimum atomic E-state index is -0.472. The Bertz CT molecular complexity index is 988. The molecule has 1 amide bonds. The van der Waals surface area contributed by atoms with Crippen LogP contribution in [0, 0.1) is 13.8 Å². The third-order valence-electron chi connectivity index (χ3n) is 4.62. The highest BCUT2D eigenvalue weighted by molar-refractivity contribution is 5.87. The van der Waals surface area contributed by atoms with Crippen LogP contribution in [0.3, 0.4) is 0 Å². The normalized spacial score (nSPS) is 10.7. The summed E-state index contributed by atoms with van der Waals surface area (Å²) in [6.45, 7) is 4.06. The molecular formula is C22H23NO5. The number of benzene rings is 2. The van der Waals surface area contributed by atoms with Crippen LogP contribution in [0.1, 0.15) is 22.3 Å². The van der Waals surface area contributed by atoms with Crippen molar-refractivity contribution in [2.45, 2.75) is 26.8 Å². The summed E-state index contributed by atoms with van der Waals surface area (Å²) in [4.78, 5) is 24.0. The van der Waals surface area contributed by atoms with Crippen LogP contribution in [0.4, 0.5) is 0 Å². The van der Waals surface area contributed by atoms with E-state index in [1.54, 1.807) is 13.4 Å². The predicted molar refractivity (Wildman–Crippen MR) is 105 cm³/mol. The fourth-order valence-corrected chi connectivity index (χ4v) is 2.82. The van der Waals surface area contributed by atoms with E-state index in [0.29, 0.717) is 6.54 Å². The number of hydrogen-bond donors (Lipinski definition) is 1. The van der Waals surface area contributed by atoms with Gasteiger partial charge in [0.15, 0.2) is 6.61 Å². The van der Waals surface area contributed by atoms with Gasteiger partial charge in [-0.25, -0.2) is 0 Å². The largest absolute Gasteiger partial charge is 0.497 e. The highest BCUT2D eigenvalue weighted by atomic mass is 16.5. The summed E-state index contributed by atoms with van der Waals surface area (Å²) in [5.41, 5.74) is 4.67. The van der Waals surface area contributed by atoms with Crippen molar-refractivity contribution in [2.75, 3.05) is 13.7 Å². The Kier molecular flexibility index (Phi) is 5.99. The molecule has 1 N–H and O–H groups in total. The zero-order valence-corrected chi connectivity index (χ0v) is 16.2. The molecule has 0 spiro atoms. The van der Waals surface area contributed by atoms with Crippen LogP contribution in [0.2, 0.25) is 0 Å². The minimum Gasteiger partial charge on any atom is -0.497 e. The zero-order valence-electron chi connectivity index (χ0n) is 16.2. The number of rotatable bonds is 7. The van der Waals surface area contributed by atoms with Crippen LogP contribution in [0.5, 0.6) is 5.75 Å². The molecule has 0 unspecified atom stereocenters. The van der Waals surface area contributed by atoms with Gasteiger partial charge in [0.2, 0.25) is 0 Å². The van der Waals surface area contributed by atoms with Gasteiger partial charge in [-0.1, -0.05) is 12.1 Å². The van der Waals surface area contributed by atoms with Gasteiger partial charge in [-0.3, -0.25) is 9.59 Å². The Labute approximate surface area is 163 Å². The first-order valence-electron chi connectivity index (χ1n) is 8.99. The first-order valence-corrected chi connectivity index (χ1v) is 8.99.